The van der Waals surface area contributed by atoms with Crippen LogP contribution in [0.25, 0.3) is 0 Å². The largest absolute Gasteiger partial charge is 0.299 e. The van der Waals surface area contributed by atoms with Gasteiger partial charge in [0.15, 0.2) is 0 Å². The standard InChI is InChI=1S/C24H30Br2N2/c1-4-14-28(17-20-9-6-5-7-10-20)15-8-13-24(18-27,19(2)3)21-11-12-22(25)23(26)16-21/h5-7,9-12,16,19H,4,8,13-15,17H2,1-3H3. The number of benzene rings is 2. The summed E-state index contributed by atoms with van der Waals surface area (Å²) in [6, 6.07) is 19.5. The second-order valence-electron chi connectivity index (χ2n) is 7.73. The predicted molar refractivity (Wildman–Crippen MR) is 125 cm³/mol. The van der Waals surface area contributed by atoms with Crippen molar-refractivity contribution in [3.63, 3.8) is 0 Å². The number of hydrogen-bond donors (Lipinski definition) is 0. The van der Waals surface area contributed by atoms with E-state index in [-0.39, 0.29) is 5.92 Å². The highest BCUT2D eigenvalue weighted by Crippen LogP contribution is 2.39. The lowest BCUT2D eigenvalue weighted by Crippen LogP contribution is -2.33. The summed E-state index contributed by atoms with van der Waals surface area (Å²) in [5, 5.41) is 10.2. The molecule has 4 heteroatoms. The Morgan fingerprint density at radius 3 is 2.32 bits per heavy atom. The molecule has 0 heterocycles. The molecule has 0 spiro atoms. The third-order valence-electron chi connectivity index (χ3n) is 5.45. The van der Waals surface area contributed by atoms with Crippen molar-refractivity contribution >= 4 is 31.9 Å². The van der Waals surface area contributed by atoms with Gasteiger partial charge in [-0.05, 0) is 93.4 Å². The van der Waals surface area contributed by atoms with E-state index in [1.807, 2.05) is 6.07 Å². The highest BCUT2D eigenvalue weighted by Gasteiger charge is 2.36. The molecule has 0 bridgehead atoms. The highest BCUT2D eigenvalue weighted by molar-refractivity contribution is 9.13. The minimum atomic E-state index is -0.464. The molecule has 2 nitrogen and oxygen atoms in total. The van der Waals surface area contributed by atoms with Crippen molar-refractivity contribution in [2.45, 2.75) is 52.0 Å². The van der Waals surface area contributed by atoms with Crippen LogP contribution in [-0.2, 0) is 12.0 Å². The Hall–Kier alpha value is -1.15. The van der Waals surface area contributed by atoms with Crippen LogP contribution in [0.2, 0.25) is 0 Å². The molecule has 0 amide bonds. The lowest BCUT2D eigenvalue weighted by Gasteiger charge is -2.33. The van der Waals surface area contributed by atoms with E-state index < -0.39 is 5.41 Å². The number of rotatable bonds is 10. The van der Waals surface area contributed by atoms with Gasteiger partial charge in [0.2, 0.25) is 0 Å². The first-order valence-electron chi connectivity index (χ1n) is 10.1. The Morgan fingerprint density at radius 1 is 1.04 bits per heavy atom. The average molecular weight is 506 g/mol. The van der Waals surface area contributed by atoms with Crippen LogP contribution in [0.5, 0.6) is 0 Å². The first-order chi connectivity index (χ1) is 13.4. The molecule has 2 aromatic carbocycles. The van der Waals surface area contributed by atoms with Crippen LogP contribution in [0.4, 0.5) is 0 Å². The maximum atomic E-state index is 10.2. The van der Waals surface area contributed by atoms with Crippen LogP contribution in [-0.4, -0.2) is 18.0 Å². The van der Waals surface area contributed by atoms with Gasteiger partial charge >= 0.3 is 0 Å². The summed E-state index contributed by atoms with van der Waals surface area (Å²) in [6.07, 6.45) is 3.01. The average Bonchev–Trinajstić information content (AvgIpc) is 2.68. The third kappa shape index (κ3) is 5.92. The zero-order valence-electron chi connectivity index (χ0n) is 17.1. The molecule has 0 N–H and O–H groups in total. The fourth-order valence-electron chi connectivity index (χ4n) is 3.80. The summed E-state index contributed by atoms with van der Waals surface area (Å²) < 4.78 is 2.02. The molecule has 0 saturated heterocycles. The van der Waals surface area contributed by atoms with Gasteiger partial charge < -0.3 is 0 Å². The monoisotopic (exact) mass is 504 g/mol. The van der Waals surface area contributed by atoms with Crippen molar-refractivity contribution in [2.75, 3.05) is 13.1 Å². The second-order valence-corrected chi connectivity index (χ2v) is 9.44. The molecular formula is C24H30Br2N2. The zero-order chi connectivity index (χ0) is 20.6. The molecule has 28 heavy (non-hydrogen) atoms. The Balaban J connectivity index is 2.11. The van der Waals surface area contributed by atoms with E-state index in [4.69, 9.17) is 0 Å². The van der Waals surface area contributed by atoms with Crippen LogP contribution in [0.15, 0.2) is 57.5 Å². The summed E-state index contributed by atoms with van der Waals surface area (Å²) in [4.78, 5) is 2.51. The Morgan fingerprint density at radius 2 is 1.75 bits per heavy atom. The van der Waals surface area contributed by atoms with Crippen LogP contribution in [0.1, 0.15) is 51.2 Å². The topological polar surface area (TPSA) is 27.0 Å². The van der Waals surface area contributed by atoms with Crippen molar-refractivity contribution in [3.8, 4) is 6.07 Å². The first-order valence-corrected chi connectivity index (χ1v) is 11.6. The fraction of sp³-hybridized carbons (Fsp3) is 0.458. The van der Waals surface area contributed by atoms with Gasteiger partial charge in [-0.25, -0.2) is 0 Å². The van der Waals surface area contributed by atoms with Gasteiger partial charge in [0.1, 0.15) is 0 Å². The zero-order valence-corrected chi connectivity index (χ0v) is 20.3. The van der Waals surface area contributed by atoms with Gasteiger partial charge in [0, 0.05) is 15.5 Å². The number of hydrogen-bond acceptors (Lipinski definition) is 2. The summed E-state index contributed by atoms with van der Waals surface area (Å²) in [5.41, 5.74) is 1.99. The highest BCUT2D eigenvalue weighted by atomic mass is 79.9. The van der Waals surface area contributed by atoms with Gasteiger partial charge in [-0.2, -0.15) is 5.26 Å². The van der Waals surface area contributed by atoms with Gasteiger partial charge in [-0.3, -0.25) is 4.90 Å². The molecule has 0 aromatic heterocycles. The molecule has 2 aromatic rings. The van der Waals surface area contributed by atoms with E-state index in [9.17, 15) is 5.26 Å². The molecule has 0 aliphatic heterocycles. The van der Waals surface area contributed by atoms with Crippen molar-refractivity contribution < 1.29 is 0 Å². The molecule has 0 aliphatic rings. The van der Waals surface area contributed by atoms with Crippen LogP contribution < -0.4 is 0 Å². The smallest absolute Gasteiger partial charge is 0.0846 e. The minimum Gasteiger partial charge on any atom is -0.299 e. The van der Waals surface area contributed by atoms with E-state index in [1.54, 1.807) is 0 Å². The summed E-state index contributed by atoms with van der Waals surface area (Å²) in [5.74, 6) is 0.249. The Labute approximate surface area is 187 Å². The molecule has 150 valence electrons. The van der Waals surface area contributed by atoms with Gasteiger partial charge in [0.25, 0.3) is 0 Å². The SMILES string of the molecule is CCCN(CCCC(C#N)(c1ccc(Br)c(Br)c1)C(C)C)Cc1ccccc1. The van der Waals surface area contributed by atoms with Crippen LogP contribution in [0.3, 0.4) is 0 Å². The lowest BCUT2D eigenvalue weighted by atomic mass is 9.70. The predicted octanol–water partition coefficient (Wildman–Crippen LogP) is 7.32. The second kappa shape index (κ2) is 11.1. The van der Waals surface area contributed by atoms with E-state index in [0.717, 1.165) is 53.4 Å². The molecular weight excluding hydrogens is 476 g/mol. The van der Waals surface area contributed by atoms with Gasteiger partial charge in [-0.1, -0.05) is 57.2 Å². The maximum absolute atomic E-state index is 10.2. The first kappa shape index (κ1) is 23.1. The number of nitriles is 1. The fourth-order valence-corrected chi connectivity index (χ4v) is 4.42. The molecule has 1 atom stereocenters. The molecule has 0 radical (unpaired) electrons. The maximum Gasteiger partial charge on any atom is 0.0846 e. The van der Waals surface area contributed by atoms with Crippen molar-refractivity contribution in [1.29, 1.82) is 5.26 Å². The van der Waals surface area contributed by atoms with E-state index in [2.05, 4.69) is 106 Å². The molecule has 0 saturated carbocycles. The molecule has 2 rings (SSSR count). The summed E-state index contributed by atoms with van der Waals surface area (Å²) in [6.45, 7) is 9.61. The normalized spacial score (nSPS) is 13.5. The van der Waals surface area contributed by atoms with Crippen molar-refractivity contribution in [1.82, 2.24) is 4.90 Å². The van der Waals surface area contributed by atoms with Gasteiger partial charge in [-0.15, -0.1) is 0 Å². The van der Waals surface area contributed by atoms with Crippen molar-refractivity contribution in [3.05, 3.63) is 68.6 Å². The van der Waals surface area contributed by atoms with Gasteiger partial charge in [0.05, 0.1) is 11.5 Å². The van der Waals surface area contributed by atoms with E-state index in [1.165, 1.54) is 5.56 Å². The quantitative estimate of drug-likeness (QED) is 0.338. The minimum absolute atomic E-state index is 0.249. The molecule has 0 aliphatic carbocycles. The van der Waals surface area contributed by atoms with E-state index >= 15 is 0 Å². The van der Waals surface area contributed by atoms with Crippen molar-refractivity contribution in [2.24, 2.45) is 5.92 Å². The summed E-state index contributed by atoms with van der Waals surface area (Å²) in [7, 11) is 0. The Bertz CT molecular complexity index is 783. The third-order valence-corrected chi connectivity index (χ3v) is 7.33. The van der Waals surface area contributed by atoms with E-state index in [0.29, 0.717) is 0 Å². The van der Waals surface area contributed by atoms with Crippen LogP contribution in [0, 0.1) is 17.2 Å². The summed E-state index contributed by atoms with van der Waals surface area (Å²) >= 11 is 7.14. The molecule has 0 fully saturated rings. The number of nitrogens with zero attached hydrogens (tertiary/aromatic N) is 2. The number of halogens is 2. The van der Waals surface area contributed by atoms with Crippen LogP contribution >= 0.6 is 31.9 Å². The lowest BCUT2D eigenvalue weighted by molar-refractivity contribution is 0.244. The molecule has 1 unspecified atom stereocenters. The Kier molecular flexibility index (Phi) is 9.21.